The van der Waals surface area contributed by atoms with Gasteiger partial charge in [-0.05, 0) is 61.8 Å². The summed E-state index contributed by atoms with van der Waals surface area (Å²) in [4.78, 5) is 14.9. The van der Waals surface area contributed by atoms with Crippen LogP contribution in [-0.4, -0.2) is 23.1 Å². The molecule has 0 amide bonds. The van der Waals surface area contributed by atoms with Gasteiger partial charge in [0.15, 0.2) is 0 Å². The normalized spacial score (nSPS) is 15.4. The number of aromatic hydroxyl groups is 1. The van der Waals surface area contributed by atoms with Crippen molar-refractivity contribution in [1.82, 2.24) is 4.90 Å². The lowest BCUT2D eigenvalue weighted by Crippen LogP contribution is -2.29. The van der Waals surface area contributed by atoms with Gasteiger partial charge >= 0.3 is 5.63 Å². The van der Waals surface area contributed by atoms with Crippen LogP contribution in [0.1, 0.15) is 24.8 Å². The second kappa shape index (κ2) is 7.14. The summed E-state index contributed by atoms with van der Waals surface area (Å²) < 4.78 is 5.66. The van der Waals surface area contributed by atoms with Crippen molar-refractivity contribution >= 4 is 22.6 Å². The lowest BCUT2D eigenvalue weighted by molar-refractivity contribution is 0.218. The SMILES string of the molecule is O=c1oc2c(CN3CCCCC3)c(O)ccc2cc1-c1ccc(Cl)cc1. The molecule has 3 aromatic rings. The fraction of sp³-hybridized carbons (Fsp3) is 0.286. The number of halogens is 1. The Morgan fingerprint density at radius 2 is 1.77 bits per heavy atom. The summed E-state index contributed by atoms with van der Waals surface area (Å²) in [5.41, 5.74) is 1.99. The van der Waals surface area contributed by atoms with E-state index in [4.69, 9.17) is 16.0 Å². The van der Waals surface area contributed by atoms with Gasteiger partial charge in [-0.2, -0.15) is 0 Å². The standard InChI is InChI=1S/C21H20ClNO3/c22-16-7-4-14(5-8-16)17-12-15-6-9-19(24)18(20(15)26-21(17)25)13-23-10-2-1-3-11-23/h4-9,12,24H,1-3,10-11,13H2. The van der Waals surface area contributed by atoms with Crippen molar-refractivity contribution in [2.45, 2.75) is 25.8 Å². The largest absolute Gasteiger partial charge is 0.507 e. The third kappa shape index (κ3) is 3.35. The second-order valence-corrected chi connectivity index (χ2v) is 7.21. The van der Waals surface area contributed by atoms with Gasteiger partial charge in [-0.3, -0.25) is 4.90 Å². The molecule has 4 nitrogen and oxygen atoms in total. The van der Waals surface area contributed by atoms with Crippen molar-refractivity contribution in [3.8, 4) is 16.9 Å². The van der Waals surface area contributed by atoms with Gasteiger partial charge in [-0.15, -0.1) is 0 Å². The number of phenols is 1. The fourth-order valence-electron chi connectivity index (χ4n) is 3.56. The molecular weight excluding hydrogens is 350 g/mol. The lowest BCUT2D eigenvalue weighted by atomic mass is 10.0. The summed E-state index contributed by atoms with van der Waals surface area (Å²) in [5, 5.41) is 11.8. The zero-order valence-corrected chi connectivity index (χ0v) is 15.1. The quantitative estimate of drug-likeness (QED) is 0.673. The third-order valence-corrected chi connectivity index (χ3v) is 5.22. The molecule has 1 saturated heterocycles. The molecule has 0 atom stereocenters. The molecule has 2 aromatic carbocycles. The lowest BCUT2D eigenvalue weighted by Gasteiger charge is -2.26. The first-order chi connectivity index (χ1) is 12.6. The maximum Gasteiger partial charge on any atom is 0.344 e. The minimum absolute atomic E-state index is 0.172. The van der Waals surface area contributed by atoms with Crippen LogP contribution in [0, 0.1) is 0 Å². The van der Waals surface area contributed by atoms with Crippen LogP contribution in [-0.2, 0) is 6.54 Å². The van der Waals surface area contributed by atoms with E-state index < -0.39 is 5.63 Å². The number of likely N-dealkylation sites (tertiary alicyclic amines) is 1. The smallest absolute Gasteiger partial charge is 0.344 e. The van der Waals surface area contributed by atoms with Crippen molar-refractivity contribution in [1.29, 1.82) is 0 Å². The molecule has 1 aliphatic rings. The van der Waals surface area contributed by atoms with Crippen molar-refractivity contribution in [3.05, 3.63) is 63.5 Å². The molecule has 2 heterocycles. The highest BCUT2D eigenvalue weighted by molar-refractivity contribution is 6.30. The second-order valence-electron chi connectivity index (χ2n) is 6.77. The Kier molecular flexibility index (Phi) is 4.70. The maximum atomic E-state index is 12.6. The van der Waals surface area contributed by atoms with E-state index in [-0.39, 0.29) is 5.75 Å². The third-order valence-electron chi connectivity index (χ3n) is 4.97. The van der Waals surface area contributed by atoms with E-state index in [9.17, 15) is 9.90 Å². The average Bonchev–Trinajstić information content (AvgIpc) is 2.66. The summed E-state index contributed by atoms with van der Waals surface area (Å²) in [7, 11) is 0. The van der Waals surface area contributed by atoms with E-state index in [2.05, 4.69) is 4.90 Å². The topological polar surface area (TPSA) is 53.7 Å². The predicted molar refractivity (Wildman–Crippen MR) is 104 cm³/mol. The van der Waals surface area contributed by atoms with Gasteiger partial charge in [0, 0.05) is 17.0 Å². The van der Waals surface area contributed by atoms with Gasteiger partial charge in [0.25, 0.3) is 0 Å². The molecule has 26 heavy (non-hydrogen) atoms. The molecule has 1 aliphatic heterocycles. The summed E-state index contributed by atoms with van der Waals surface area (Å²) in [6, 6.07) is 12.4. The van der Waals surface area contributed by atoms with Gasteiger partial charge in [0.2, 0.25) is 0 Å². The molecule has 0 spiro atoms. The van der Waals surface area contributed by atoms with Crippen molar-refractivity contribution in [3.63, 3.8) is 0 Å². The van der Waals surface area contributed by atoms with Crippen molar-refractivity contribution < 1.29 is 9.52 Å². The average molecular weight is 370 g/mol. The highest BCUT2D eigenvalue weighted by Gasteiger charge is 2.18. The number of phenolic OH excluding ortho intramolecular Hbond substituents is 1. The highest BCUT2D eigenvalue weighted by atomic mass is 35.5. The van der Waals surface area contributed by atoms with Crippen LogP contribution < -0.4 is 5.63 Å². The van der Waals surface area contributed by atoms with Crippen LogP contribution in [0.3, 0.4) is 0 Å². The number of nitrogens with zero attached hydrogens (tertiary/aromatic N) is 1. The summed E-state index contributed by atoms with van der Waals surface area (Å²) in [6.07, 6.45) is 3.57. The number of fused-ring (bicyclic) bond motifs is 1. The zero-order valence-electron chi connectivity index (χ0n) is 14.4. The van der Waals surface area contributed by atoms with E-state index in [0.717, 1.165) is 36.9 Å². The summed E-state index contributed by atoms with van der Waals surface area (Å²) >= 11 is 5.93. The van der Waals surface area contributed by atoms with Crippen LogP contribution in [0.2, 0.25) is 5.02 Å². The van der Waals surface area contributed by atoms with Crippen LogP contribution in [0.5, 0.6) is 5.75 Å². The summed E-state index contributed by atoms with van der Waals surface area (Å²) in [5.74, 6) is 0.172. The summed E-state index contributed by atoms with van der Waals surface area (Å²) in [6.45, 7) is 2.60. The van der Waals surface area contributed by atoms with Crippen LogP contribution >= 0.6 is 11.6 Å². The molecule has 0 aliphatic carbocycles. The Labute approximate surface area is 156 Å². The Bertz CT molecular complexity index is 989. The Balaban J connectivity index is 1.79. The molecule has 5 heteroatoms. The Morgan fingerprint density at radius 3 is 2.50 bits per heavy atom. The number of rotatable bonds is 3. The van der Waals surface area contributed by atoms with Crippen LogP contribution in [0.4, 0.5) is 0 Å². The number of benzene rings is 2. The van der Waals surface area contributed by atoms with E-state index in [1.807, 2.05) is 6.07 Å². The van der Waals surface area contributed by atoms with E-state index >= 15 is 0 Å². The fourth-order valence-corrected chi connectivity index (χ4v) is 3.68. The van der Waals surface area contributed by atoms with Gasteiger partial charge < -0.3 is 9.52 Å². The van der Waals surface area contributed by atoms with Gasteiger partial charge in [-0.1, -0.05) is 30.2 Å². The Hall–Kier alpha value is -2.30. The molecule has 4 rings (SSSR count). The first-order valence-corrected chi connectivity index (χ1v) is 9.26. The molecular formula is C21H20ClNO3. The minimum atomic E-state index is -0.412. The number of hydrogen-bond acceptors (Lipinski definition) is 4. The number of piperidine rings is 1. The molecule has 1 aromatic heterocycles. The van der Waals surface area contributed by atoms with Crippen molar-refractivity contribution in [2.24, 2.45) is 0 Å². The van der Waals surface area contributed by atoms with Crippen LogP contribution in [0.15, 0.2) is 51.7 Å². The molecule has 134 valence electrons. The van der Waals surface area contributed by atoms with Gasteiger partial charge in [0.1, 0.15) is 11.3 Å². The predicted octanol–water partition coefficient (Wildman–Crippen LogP) is 4.80. The molecule has 1 N–H and O–H groups in total. The van der Waals surface area contributed by atoms with Crippen LogP contribution in [0.25, 0.3) is 22.1 Å². The van der Waals surface area contributed by atoms with Crippen molar-refractivity contribution in [2.75, 3.05) is 13.1 Å². The molecule has 1 fully saturated rings. The molecule has 0 bridgehead atoms. The van der Waals surface area contributed by atoms with E-state index in [0.29, 0.717) is 28.3 Å². The van der Waals surface area contributed by atoms with E-state index in [1.54, 1.807) is 36.4 Å². The van der Waals surface area contributed by atoms with E-state index in [1.165, 1.54) is 6.42 Å². The first-order valence-electron chi connectivity index (χ1n) is 8.89. The molecule has 0 saturated carbocycles. The number of hydrogen-bond donors (Lipinski definition) is 1. The molecule has 0 radical (unpaired) electrons. The Morgan fingerprint density at radius 1 is 1.04 bits per heavy atom. The van der Waals surface area contributed by atoms with Gasteiger partial charge in [-0.25, -0.2) is 4.79 Å². The first kappa shape index (κ1) is 17.1. The maximum absolute atomic E-state index is 12.6. The molecule has 0 unspecified atom stereocenters. The van der Waals surface area contributed by atoms with Gasteiger partial charge in [0.05, 0.1) is 11.1 Å². The highest BCUT2D eigenvalue weighted by Crippen LogP contribution is 2.31. The zero-order chi connectivity index (χ0) is 18.1. The minimum Gasteiger partial charge on any atom is -0.507 e. The monoisotopic (exact) mass is 369 g/mol.